The molecule has 0 radical (unpaired) electrons. The topological polar surface area (TPSA) is 67.6 Å². The number of aromatic nitrogens is 3. The lowest BCUT2D eigenvalue weighted by Gasteiger charge is -2.04. The molecule has 0 N–H and O–H groups in total. The Morgan fingerprint density at radius 2 is 2.14 bits per heavy atom. The van der Waals surface area contributed by atoms with E-state index in [9.17, 15) is 4.39 Å². The summed E-state index contributed by atoms with van der Waals surface area (Å²) in [5, 5.41) is 17.7. The molecule has 0 spiro atoms. The largest absolute Gasteiger partial charge is 0.461 e. The highest BCUT2D eigenvalue weighted by molar-refractivity contribution is 7.99. The van der Waals surface area contributed by atoms with Gasteiger partial charge in [-0.2, -0.15) is 5.26 Å². The highest BCUT2D eigenvalue weighted by Crippen LogP contribution is 2.31. The van der Waals surface area contributed by atoms with Gasteiger partial charge in [0.25, 0.3) is 0 Å². The Morgan fingerprint density at radius 1 is 1.29 bits per heavy atom. The van der Waals surface area contributed by atoms with Crippen molar-refractivity contribution in [3.8, 4) is 17.7 Å². The van der Waals surface area contributed by atoms with Gasteiger partial charge in [-0.1, -0.05) is 6.07 Å². The van der Waals surface area contributed by atoms with Gasteiger partial charge < -0.3 is 8.98 Å². The van der Waals surface area contributed by atoms with Crippen molar-refractivity contribution >= 4 is 11.8 Å². The van der Waals surface area contributed by atoms with Gasteiger partial charge >= 0.3 is 0 Å². The van der Waals surface area contributed by atoms with Crippen LogP contribution < -0.4 is 0 Å². The summed E-state index contributed by atoms with van der Waals surface area (Å²) in [7, 11) is 1.78. The molecule has 1 aromatic carbocycles. The number of nitriles is 1. The normalized spacial score (nSPS) is 10.5. The van der Waals surface area contributed by atoms with Gasteiger partial charge in [-0.3, -0.25) is 0 Å². The van der Waals surface area contributed by atoms with Crippen LogP contribution in [0.4, 0.5) is 4.39 Å². The third-order valence-electron chi connectivity index (χ3n) is 2.86. The van der Waals surface area contributed by atoms with E-state index in [0.29, 0.717) is 21.6 Å². The average Bonchev–Trinajstić information content (AvgIpc) is 3.10. The van der Waals surface area contributed by atoms with E-state index in [2.05, 4.69) is 10.2 Å². The summed E-state index contributed by atoms with van der Waals surface area (Å²) in [5.41, 5.74) is 0.00467. The summed E-state index contributed by atoms with van der Waals surface area (Å²) < 4.78 is 20.6. The van der Waals surface area contributed by atoms with Crippen LogP contribution >= 0.6 is 11.8 Å². The Hall–Kier alpha value is -2.59. The van der Waals surface area contributed by atoms with Crippen molar-refractivity contribution < 1.29 is 8.81 Å². The van der Waals surface area contributed by atoms with Crippen LogP contribution in [0, 0.1) is 17.1 Å². The number of rotatable bonds is 3. The quantitative estimate of drug-likeness (QED) is 0.743. The predicted molar refractivity (Wildman–Crippen MR) is 73.9 cm³/mol. The second-order valence-corrected chi connectivity index (χ2v) is 5.18. The molecule has 0 aliphatic carbocycles. The molecule has 0 aliphatic rings. The van der Waals surface area contributed by atoms with Gasteiger partial charge in [-0.05, 0) is 36.0 Å². The molecule has 0 amide bonds. The van der Waals surface area contributed by atoms with Crippen LogP contribution in [0.2, 0.25) is 0 Å². The van der Waals surface area contributed by atoms with E-state index >= 15 is 0 Å². The minimum absolute atomic E-state index is 0.00467. The highest BCUT2D eigenvalue weighted by Gasteiger charge is 2.16. The molecule has 0 aliphatic heterocycles. The Kier molecular flexibility index (Phi) is 3.46. The van der Waals surface area contributed by atoms with E-state index in [1.807, 2.05) is 6.07 Å². The van der Waals surface area contributed by atoms with E-state index in [4.69, 9.17) is 9.68 Å². The van der Waals surface area contributed by atoms with Crippen LogP contribution in [0.25, 0.3) is 11.6 Å². The van der Waals surface area contributed by atoms with Crippen molar-refractivity contribution in [3.63, 3.8) is 0 Å². The Bertz CT molecular complexity index is 820. The number of hydrogen-bond donors (Lipinski definition) is 0. The molecule has 2 heterocycles. The first kappa shape index (κ1) is 13.4. The van der Waals surface area contributed by atoms with Crippen molar-refractivity contribution in [2.45, 2.75) is 10.1 Å². The first-order chi connectivity index (χ1) is 10.2. The van der Waals surface area contributed by atoms with Crippen molar-refractivity contribution in [1.82, 2.24) is 14.8 Å². The molecule has 0 unspecified atom stereocenters. The van der Waals surface area contributed by atoms with Crippen molar-refractivity contribution in [1.29, 1.82) is 5.26 Å². The Labute approximate surface area is 124 Å². The summed E-state index contributed by atoms with van der Waals surface area (Å²) >= 11 is 1.18. The van der Waals surface area contributed by atoms with Crippen LogP contribution in [0.3, 0.4) is 0 Å². The van der Waals surface area contributed by atoms with Gasteiger partial charge in [-0.15, -0.1) is 10.2 Å². The SMILES string of the molecule is Cn1c(Sc2cccc(F)c2C#N)nnc1-c1ccco1. The fourth-order valence-electron chi connectivity index (χ4n) is 1.82. The van der Waals surface area contributed by atoms with Crippen LogP contribution in [0.5, 0.6) is 0 Å². The van der Waals surface area contributed by atoms with Crippen molar-refractivity contribution in [3.05, 3.63) is 48.0 Å². The third-order valence-corrected chi connectivity index (χ3v) is 3.96. The minimum Gasteiger partial charge on any atom is -0.461 e. The molecule has 2 aromatic heterocycles. The van der Waals surface area contributed by atoms with Gasteiger partial charge in [0.1, 0.15) is 17.4 Å². The monoisotopic (exact) mass is 300 g/mol. The summed E-state index contributed by atoms with van der Waals surface area (Å²) in [6.07, 6.45) is 1.55. The smallest absolute Gasteiger partial charge is 0.200 e. The fourth-order valence-corrected chi connectivity index (χ4v) is 2.71. The number of benzene rings is 1. The number of nitrogens with zero attached hydrogens (tertiary/aromatic N) is 4. The molecule has 0 atom stereocenters. The van der Waals surface area contributed by atoms with Crippen LogP contribution in [-0.4, -0.2) is 14.8 Å². The molecular formula is C14H9FN4OS. The zero-order valence-corrected chi connectivity index (χ0v) is 11.8. The zero-order valence-electron chi connectivity index (χ0n) is 10.9. The Balaban J connectivity index is 1.97. The van der Waals surface area contributed by atoms with Gasteiger partial charge in [0.05, 0.1) is 6.26 Å². The standard InChI is InChI=1S/C14H9FN4OS/c1-19-13(11-5-3-7-20-11)17-18-14(19)21-12-6-2-4-10(15)9(12)8-16/h2-7H,1H3. The second-order valence-electron chi connectivity index (χ2n) is 4.17. The second kappa shape index (κ2) is 5.42. The maximum absolute atomic E-state index is 13.6. The van der Waals surface area contributed by atoms with Gasteiger partial charge in [-0.25, -0.2) is 4.39 Å². The molecular weight excluding hydrogens is 291 g/mol. The fraction of sp³-hybridized carbons (Fsp3) is 0.0714. The molecule has 104 valence electrons. The predicted octanol–water partition coefficient (Wildman–Crippen LogP) is 3.24. The molecule has 7 heteroatoms. The third kappa shape index (κ3) is 2.41. The summed E-state index contributed by atoms with van der Waals surface area (Å²) in [4.78, 5) is 0.499. The first-order valence-electron chi connectivity index (χ1n) is 6.00. The summed E-state index contributed by atoms with van der Waals surface area (Å²) in [6, 6.07) is 9.90. The number of hydrogen-bond acceptors (Lipinski definition) is 5. The summed E-state index contributed by atoms with van der Waals surface area (Å²) in [5.74, 6) is 0.616. The maximum atomic E-state index is 13.6. The van der Waals surface area contributed by atoms with E-state index in [1.165, 1.54) is 17.8 Å². The average molecular weight is 300 g/mol. The molecule has 0 bridgehead atoms. The van der Waals surface area contributed by atoms with Crippen molar-refractivity contribution in [2.24, 2.45) is 7.05 Å². The van der Waals surface area contributed by atoms with Crippen LogP contribution in [0.1, 0.15) is 5.56 Å². The number of halogens is 1. The summed E-state index contributed by atoms with van der Waals surface area (Å²) in [6.45, 7) is 0. The molecule has 0 fully saturated rings. The molecule has 3 rings (SSSR count). The number of furan rings is 1. The lowest BCUT2D eigenvalue weighted by atomic mass is 10.2. The van der Waals surface area contributed by atoms with E-state index in [1.54, 1.807) is 42.1 Å². The van der Waals surface area contributed by atoms with Gasteiger partial charge in [0.15, 0.2) is 16.7 Å². The van der Waals surface area contributed by atoms with Gasteiger partial charge in [0, 0.05) is 11.9 Å². The van der Waals surface area contributed by atoms with E-state index in [-0.39, 0.29) is 5.56 Å². The highest BCUT2D eigenvalue weighted by atomic mass is 32.2. The van der Waals surface area contributed by atoms with Crippen molar-refractivity contribution in [2.75, 3.05) is 0 Å². The van der Waals surface area contributed by atoms with E-state index in [0.717, 1.165) is 0 Å². The minimum atomic E-state index is -0.545. The zero-order chi connectivity index (χ0) is 14.8. The lowest BCUT2D eigenvalue weighted by Crippen LogP contribution is -1.95. The molecule has 0 saturated carbocycles. The molecule has 21 heavy (non-hydrogen) atoms. The molecule has 5 nitrogen and oxygen atoms in total. The van der Waals surface area contributed by atoms with Crippen LogP contribution in [0.15, 0.2) is 51.1 Å². The Morgan fingerprint density at radius 3 is 2.86 bits per heavy atom. The first-order valence-corrected chi connectivity index (χ1v) is 6.82. The molecule has 0 saturated heterocycles. The van der Waals surface area contributed by atoms with E-state index < -0.39 is 5.82 Å². The maximum Gasteiger partial charge on any atom is 0.200 e. The van der Waals surface area contributed by atoms with Crippen LogP contribution in [-0.2, 0) is 7.05 Å². The molecule has 3 aromatic rings. The van der Waals surface area contributed by atoms with Gasteiger partial charge in [0.2, 0.25) is 0 Å². The lowest BCUT2D eigenvalue weighted by molar-refractivity contribution is 0.572.